The molecule has 0 bridgehead atoms. The van der Waals surface area contributed by atoms with Gasteiger partial charge in [0.25, 0.3) is 0 Å². The van der Waals surface area contributed by atoms with Gasteiger partial charge in [0, 0.05) is 13.5 Å². The molecule has 0 saturated carbocycles. The molecule has 0 aromatic carbocycles. The quantitative estimate of drug-likeness (QED) is 0.780. The lowest BCUT2D eigenvalue weighted by atomic mass is 10.1. The summed E-state index contributed by atoms with van der Waals surface area (Å²) in [5.41, 5.74) is 5.44. The Morgan fingerprint density at radius 1 is 1.38 bits per heavy atom. The number of aryl methyl sites for hydroxylation is 1. The van der Waals surface area contributed by atoms with Crippen LogP contribution in [0.3, 0.4) is 0 Å². The Balaban J connectivity index is 2.31. The van der Waals surface area contributed by atoms with Gasteiger partial charge < -0.3 is 5.73 Å². The van der Waals surface area contributed by atoms with Crippen molar-refractivity contribution in [2.75, 3.05) is 5.73 Å². The minimum absolute atomic E-state index is 0.211. The Labute approximate surface area is 93.1 Å². The van der Waals surface area contributed by atoms with E-state index in [-0.39, 0.29) is 5.95 Å². The van der Waals surface area contributed by atoms with E-state index in [2.05, 4.69) is 39.1 Å². The molecule has 0 amide bonds. The number of nitrogens with one attached hydrogen (secondary N) is 1. The van der Waals surface area contributed by atoms with Crippen LogP contribution in [0.2, 0.25) is 0 Å². The molecule has 0 aliphatic heterocycles. The number of hydrogen-bond acceptors (Lipinski definition) is 5. The van der Waals surface area contributed by atoms with Gasteiger partial charge in [0.05, 0.1) is 0 Å². The predicted molar refractivity (Wildman–Crippen MR) is 59.3 cm³/mol. The fraction of sp³-hybridized carbons (Fsp3) is 0.556. The standard InChI is InChI=1S/C9H15N7/c1-5(2)4-6-11-8(16(3)15-6)7-12-9(10)14-13-7/h5H,4H2,1-3H3,(H3,10,12,13,14). The molecule has 3 N–H and O–H groups in total. The summed E-state index contributed by atoms with van der Waals surface area (Å²) in [7, 11) is 1.82. The molecule has 0 fully saturated rings. The Bertz CT molecular complexity index is 482. The Morgan fingerprint density at radius 3 is 2.69 bits per heavy atom. The van der Waals surface area contributed by atoms with Gasteiger partial charge in [-0.05, 0) is 5.92 Å². The third-order valence-corrected chi connectivity index (χ3v) is 2.11. The first kappa shape index (κ1) is 10.6. The molecule has 2 rings (SSSR count). The highest BCUT2D eigenvalue weighted by atomic mass is 15.4. The first-order chi connectivity index (χ1) is 7.56. The van der Waals surface area contributed by atoms with Gasteiger partial charge in [-0.25, -0.2) is 9.67 Å². The molecule has 7 heteroatoms. The van der Waals surface area contributed by atoms with Gasteiger partial charge in [-0.3, -0.25) is 5.10 Å². The van der Waals surface area contributed by atoms with Crippen molar-refractivity contribution in [3.05, 3.63) is 5.82 Å². The first-order valence-electron chi connectivity index (χ1n) is 5.14. The van der Waals surface area contributed by atoms with E-state index in [0.29, 0.717) is 17.6 Å². The molecule has 0 aliphatic carbocycles. The molecule has 7 nitrogen and oxygen atoms in total. The molecule has 0 saturated heterocycles. The van der Waals surface area contributed by atoms with Crippen molar-refractivity contribution in [2.24, 2.45) is 13.0 Å². The highest BCUT2D eigenvalue weighted by Crippen LogP contribution is 2.13. The highest BCUT2D eigenvalue weighted by Gasteiger charge is 2.13. The molecule has 0 spiro atoms. The number of rotatable bonds is 3. The smallest absolute Gasteiger partial charge is 0.239 e. The van der Waals surface area contributed by atoms with Crippen molar-refractivity contribution in [3.8, 4) is 11.6 Å². The number of H-pyrrole nitrogens is 1. The van der Waals surface area contributed by atoms with Crippen LogP contribution in [-0.4, -0.2) is 29.9 Å². The maximum atomic E-state index is 5.44. The van der Waals surface area contributed by atoms with E-state index in [1.807, 2.05) is 7.05 Å². The van der Waals surface area contributed by atoms with Crippen LogP contribution in [0.5, 0.6) is 0 Å². The van der Waals surface area contributed by atoms with Gasteiger partial charge in [-0.2, -0.15) is 10.1 Å². The zero-order chi connectivity index (χ0) is 11.7. The zero-order valence-corrected chi connectivity index (χ0v) is 9.60. The van der Waals surface area contributed by atoms with E-state index in [1.165, 1.54) is 0 Å². The van der Waals surface area contributed by atoms with E-state index in [1.54, 1.807) is 4.68 Å². The minimum Gasteiger partial charge on any atom is -0.366 e. The van der Waals surface area contributed by atoms with Crippen molar-refractivity contribution >= 4 is 5.95 Å². The molecule has 0 atom stereocenters. The topological polar surface area (TPSA) is 98.3 Å². The fourth-order valence-electron chi connectivity index (χ4n) is 1.47. The van der Waals surface area contributed by atoms with Gasteiger partial charge in [0.15, 0.2) is 17.5 Å². The number of nitrogens with zero attached hydrogens (tertiary/aromatic N) is 5. The second-order valence-corrected chi connectivity index (χ2v) is 4.12. The number of nitrogen functional groups attached to an aromatic ring is 1. The van der Waals surface area contributed by atoms with Crippen LogP contribution in [0.4, 0.5) is 5.95 Å². The van der Waals surface area contributed by atoms with Crippen molar-refractivity contribution < 1.29 is 0 Å². The average Bonchev–Trinajstić information content (AvgIpc) is 2.72. The summed E-state index contributed by atoms with van der Waals surface area (Å²) >= 11 is 0. The number of hydrogen-bond donors (Lipinski definition) is 2. The van der Waals surface area contributed by atoms with Gasteiger partial charge in [-0.1, -0.05) is 13.8 Å². The van der Waals surface area contributed by atoms with E-state index in [4.69, 9.17) is 5.73 Å². The summed E-state index contributed by atoms with van der Waals surface area (Å²) in [5, 5.41) is 10.8. The lowest BCUT2D eigenvalue weighted by Gasteiger charge is -1.96. The second kappa shape index (κ2) is 3.92. The van der Waals surface area contributed by atoms with Crippen LogP contribution < -0.4 is 5.73 Å². The molecule has 0 unspecified atom stereocenters. The molecule has 0 radical (unpaired) electrons. The van der Waals surface area contributed by atoms with Gasteiger partial charge >= 0.3 is 0 Å². The molecule has 16 heavy (non-hydrogen) atoms. The number of aromatic amines is 1. The van der Waals surface area contributed by atoms with Crippen molar-refractivity contribution in [3.63, 3.8) is 0 Å². The van der Waals surface area contributed by atoms with E-state index in [9.17, 15) is 0 Å². The summed E-state index contributed by atoms with van der Waals surface area (Å²) in [4.78, 5) is 8.42. The summed E-state index contributed by atoms with van der Waals surface area (Å²) < 4.78 is 1.68. The van der Waals surface area contributed by atoms with E-state index < -0.39 is 0 Å². The maximum absolute atomic E-state index is 5.44. The van der Waals surface area contributed by atoms with Crippen molar-refractivity contribution in [1.82, 2.24) is 29.9 Å². The second-order valence-electron chi connectivity index (χ2n) is 4.12. The fourth-order valence-corrected chi connectivity index (χ4v) is 1.47. The maximum Gasteiger partial charge on any atom is 0.239 e. The normalized spacial score (nSPS) is 11.2. The largest absolute Gasteiger partial charge is 0.366 e. The minimum atomic E-state index is 0.211. The van der Waals surface area contributed by atoms with Crippen LogP contribution >= 0.6 is 0 Å². The third-order valence-electron chi connectivity index (χ3n) is 2.11. The number of aromatic nitrogens is 6. The molecule has 86 valence electrons. The van der Waals surface area contributed by atoms with Gasteiger partial charge in [0.1, 0.15) is 0 Å². The Morgan fingerprint density at radius 2 is 2.12 bits per heavy atom. The van der Waals surface area contributed by atoms with Crippen LogP contribution in [0.15, 0.2) is 0 Å². The van der Waals surface area contributed by atoms with Gasteiger partial charge in [-0.15, -0.1) is 5.10 Å². The zero-order valence-electron chi connectivity index (χ0n) is 9.60. The lowest BCUT2D eigenvalue weighted by Crippen LogP contribution is -1.98. The molecular formula is C9H15N7. The average molecular weight is 221 g/mol. The Hall–Kier alpha value is -1.92. The van der Waals surface area contributed by atoms with E-state index in [0.717, 1.165) is 12.2 Å². The SMILES string of the molecule is CC(C)Cc1nc(-c2nc(N)n[nH]2)n(C)n1. The van der Waals surface area contributed by atoms with Crippen LogP contribution in [-0.2, 0) is 13.5 Å². The molecule has 0 aliphatic rings. The van der Waals surface area contributed by atoms with E-state index >= 15 is 0 Å². The Kier molecular flexibility index (Phi) is 2.59. The third kappa shape index (κ3) is 2.02. The summed E-state index contributed by atoms with van der Waals surface area (Å²) in [6.07, 6.45) is 0.845. The van der Waals surface area contributed by atoms with Crippen LogP contribution in [0.1, 0.15) is 19.7 Å². The first-order valence-corrected chi connectivity index (χ1v) is 5.14. The highest BCUT2D eigenvalue weighted by molar-refractivity contribution is 5.44. The summed E-state index contributed by atoms with van der Waals surface area (Å²) in [6.45, 7) is 4.25. The van der Waals surface area contributed by atoms with Crippen LogP contribution in [0.25, 0.3) is 11.6 Å². The summed E-state index contributed by atoms with van der Waals surface area (Å²) in [5.74, 6) is 2.74. The lowest BCUT2D eigenvalue weighted by molar-refractivity contribution is 0.613. The molecule has 2 aromatic heterocycles. The van der Waals surface area contributed by atoms with Gasteiger partial charge in [0.2, 0.25) is 5.95 Å². The predicted octanol–water partition coefficient (Wildman–Crippen LogP) is 0.381. The van der Waals surface area contributed by atoms with Crippen LogP contribution in [0, 0.1) is 5.92 Å². The van der Waals surface area contributed by atoms with Crippen molar-refractivity contribution in [1.29, 1.82) is 0 Å². The number of nitrogens with two attached hydrogens (primary N) is 1. The number of anilines is 1. The molecular weight excluding hydrogens is 206 g/mol. The molecule has 2 aromatic rings. The van der Waals surface area contributed by atoms with Crippen molar-refractivity contribution in [2.45, 2.75) is 20.3 Å². The monoisotopic (exact) mass is 221 g/mol. The molecule has 2 heterocycles. The summed E-state index contributed by atoms with van der Waals surface area (Å²) in [6, 6.07) is 0.